The molecular formula is C17H18N2O4. The molecule has 0 heterocycles. The molecule has 0 atom stereocenters. The Balaban J connectivity index is 2.06. The molecule has 0 aromatic heterocycles. The number of nitrogens with one attached hydrogen (secondary N) is 1. The molecule has 2 aromatic carbocycles. The van der Waals surface area contributed by atoms with Gasteiger partial charge in [0.05, 0.1) is 12.0 Å². The molecular weight excluding hydrogens is 296 g/mol. The average Bonchev–Trinajstić information content (AvgIpc) is 2.54. The number of nitro benzene ring substituents is 1. The molecule has 1 amide bonds. The van der Waals surface area contributed by atoms with Crippen LogP contribution in [0.2, 0.25) is 0 Å². The highest BCUT2D eigenvalue weighted by Crippen LogP contribution is 2.23. The van der Waals surface area contributed by atoms with E-state index in [0.717, 1.165) is 11.3 Å². The fraction of sp³-hybridized carbons (Fsp3) is 0.235. The minimum absolute atomic E-state index is 0.0787. The Morgan fingerprint density at radius 2 is 1.96 bits per heavy atom. The van der Waals surface area contributed by atoms with Crippen LogP contribution in [0, 0.1) is 17.0 Å². The summed E-state index contributed by atoms with van der Waals surface area (Å²) in [7, 11) is 1.59. The molecule has 6 heteroatoms. The standard InChI is InChI=1S/C17H18N2O4/c1-12-6-5-8-14(16(12)19(21)22)17(20)18-11-10-13-7-3-4-9-15(13)23-2/h3-9H,10-11H2,1-2H3,(H,18,20). The summed E-state index contributed by atoms with van der Waals surface area (Å²) in [6.45, 7) is 1.98. The highest BCUT2D eigenvalue weighted by atomic mass is 16.6. The van der Waals surface area contributed by atoms with Crippen molar-refractivity contribution >= 4 is 11.6 Å². The molecule has 0 bridgehead atoms. The van der Waals surface area contributed by atoms with Gasteiger partial charge in [-0.15, -0.1) is 0 Å². The summed E-state index contributed by atoms with van der Waals surface area (Å²) in [5.41, 5.74) is 1.36. The van der Waals surface area contributed by atoms with Crippen molar-refractivity contribution in [3.05, 3.63) is 69.3 Å². The van der Waals surface area contributed by atoms with E-state index >= 15 is 0 Å². The highest BCUT2D eigenvalue weighted by Gasteiger charge is 2.21. The van der Waals surface area contributed by atoms with Gasteiger partial charge in [0.15, 0.2) is 0 Å². The van der Waals surface area contributed by atoms with Gasteiger partial charge in [0.2, 0.25) is 0 Å². The molecule has 0 unspecified atom stereocenters. The molecule has 0 aliphatic carbocycles. The lowest BCUT2D eigenvalue weighted by Gasteiger charge is -2.09. The normalized spacial score (nSPS) is 10.2. The Morgan fingerprint density at radius 3 is 2.65 bits per heavy atom. The average molecular weight is 314 g/mol. The zero-order valence-electron chi connectivity index (χ0n) is 13.0. The number of ether oxygens (including phenoxy) is 1. The molecule has 2 rings (SSSR count). The summed E-state index contributed by atoms with van der Waals surface area (Å²) in [6.07, 6.45) is 0.579. The van der Waals surface area contributed by atoms with Crippen LogP contribution in [0.1, 0.15) is 21.5 Å². The molecule has 0 radical (unpaired) electrons. The maximum absolute atomic E-state index is 12.2. The van der Waals surface area contributed by atoms with Crippen LogP contribution in [-0.2, 0) is 6.42 Å². The second-order valence-corrected chi connectivity index (χ2v) is 5.05. The van der Waals surface area contributed by atoms with Crippen molar-refractivity contribution in [1.29, 1.82) is 0 Å². The number of nitrogens with zero attached hydrogens (tertiary/aromatic N) is 1. The smallest absolute Gasteiger partial charge is 0.285 e. The predicted molar refractivity (Wildman–Crippen MR) is 86.9 cm³/mol. The summed E-state index contributed by atoms with van der Waals surface area (Å²) in [5.74, 6) is 0.304. The van der Waals surface area contributed by atoms with Crippen molar-refractivity contribution in [2.75, 3.05) is 13.7 Å². The van der Waals surface area contributed by atoms with Gasteiger partial charge >= 0.3 is 0 Å². The maximum Gasteiger partial charge on any atom is 0.285 e. The van der Waals surface area contributed by atoms with Crippen LogP contribution < -0.4 is 10.1 Å². The van der Waals surface area contributed by atoms with Gasteiger partial charge in [0.1, 0.15) is 11.3 Å². The van der Waals surface area contributed by atoms with Gasteiger partial charge < -0.3 is 10.1 Å². The molecule has 23 heavy (non-hydrogen) atoms. The number of aryl methyl sites for hydroxylation is 1. The Hall–Kier alpha value is -2.89. The largest absolute Gasteiger partial charge is 0.496 e. The minimum atomic E-state index is -0.523. The van der Waals surface area contributed by atoms with Gasteiger partial charge in [-0.05, 0) is 31.0 Å². The molecule has 0 spiro atoms. The maximum atomic E-state index is 12.2. The second kappa shape index (κ2) is 7.40. The van der Waals surface area contributed by atoms with Crippen LogP contribution in [0.5, 0.6) is 5.75 Å². The quantitative estimate of drug-likeness (QED) is 0.656. The zero-order chi connectivity index (χ0) is 16.8. The third kappa shape index (κ3) is 3.85. The van der Waals surface area contributed by atoms with Crippen LogP contribution in [0.25, 0.3) is 0 Å². The molecule has 6 nitrogen and oxygen atoms in total. The van der Waals surface area contributed by atoms with Crippen molar-refractivity contribution in [3.63, 3.8) is 0 Å². The van der Waals surface area contributed by atoms with Crippen molar-refractivity contribution in [1.82, 2.24) is 5.32 Å². The predicted octanol–water partition coefficient (Wildman–Crippen LogP) is 2.88. The molecule has 0 aliphatic heterocycles. The van der Waals surface area contributed by atoms with Crippen molar-refractivity contribution in [3.8, 4) is 5.75 Å². The first-order valence-electron chi connectivity index (χ1n) is 7.18. The van der Waals surface area contributed by atoms with Crippen LogP contribution in [0.3, 0.4) is 0 Å². The highest BCUT2D eigenvalue weighted by molar-refractivity contribution is 5.98. The Kier molecular flexibility index (Phi) is 5.30. The van der Waals surface area contributed by atoms with Crippen molar-refractivity contribution < 1.29 is 14.5 Å². The van der Waals surface area contributed by atoms with Gasteiger partial charge in [-0.2, -0.15) is 0 Å². The number of para-hydroxylation sites is 2. The fourth-order valence-corrected chi connectivity index (χ4v) is 2.40. The molecule has 0 aliphatic rings. The van der Waals surface area contributed by atoms with E-state index in [2.05, 4.69) is 5.32 Å². The topological polar surface area (TPSA) is 81.5 Å². The minimum Gasteiger partial charge on any atom is -0.496 e. The van der Waals surface area contributed by atoms with E-state index in [0.29, 0.717) is 18.5 Å². The van der Waals surface area contributed by atoms with E-state index in [1.807, 2.05) is 24.3 Å². The van der Waals surface area contributed by atoms with Crippen LogP contribution >= 0.6 is 0 Å². The zero-order valence-corrected chi connectivity index (χ0v) is 13.0. The molecule has 120 valence electrons. The number of amides is 1. The summed E-state index contributed by atoms with van der Waals surface area (Å²) in [4.78, 5) is 22.8. The molecule has 1 N–H and O–H groups in total. The molecule has 2 aromatic rings. The number of hydrogen-bond acceptors (Lipinski definition) is 4. The van der Waals surface area contributed by atoms with Crippen LogP contribution in [-0.4, -0.2) is 24.5 Å². The van der Waals surface area contributed by atoms with Crippen molar-refractivity contribution in [2.45, 2.75) is 13.3 Å². The number of hydrogen-bond donors (Lipinski definition) is 1. The number of carbonyl (C=O) groups is 1. The van der Waals surface area contributed by atoms with Gasteiger partial charge in [-0.1, -0.05) is 30.3 Å². The fourth-order valence-electron chi connectivity index (χ4n) is 2.40. The summed E-state index contributed by atoms with van der Waals surface area (Å²) in [5, 5.41) is 13.9. The SMILES string of the molecule is COc1ccccc1CCNC(=O)c1cccc(C)c1[N+](=O)[O-]. The lowest BCUT2D eigenvalue weighted by molar-refractivity contribution is -0.385. The van der Waals surface area contributed by atoms with E-state index in [9.17, 15) is 14.9 Å². The second-order valence-electron chi connectivity index (χ2n) is 5.05. The summed E-state index contributed by atoms with van der Waals surface area (Å²) in [6, 6.07) is 12.2. The van der Waals surface area contributed by atoms with Gasteiger partial charge in [-0.3, -0.25) is 14.9 Å². The monoisotopic (exact) mass is 314 g/mol. The van der Waals surface area contributed by atoms with Crippen LogP contribution in [0.4, 0.5) is 5.69 Å². The summed E-state index contributed by atoms with van der Waals surface area (Å²) < 4.78 is 5.25. The molecule has 0 saturated heterocycles. The van der Waals surface area contributed by atoms with Crippen molar-refractivity contribution in [2.24, 2.45) is 0 Å². The number of carbonyl (C=O) groups excluding carboxylic acids is 1. The lowest BCUT2D eigenvalue weighted by atomic mass is 10.1. The molecule has 0 saturated carbocycles. The number of rotatable bonds is 6. The van der Waals surface area contributed by atoms with Crippen LogP contribution in [0.15, 0.2) is 42.5 Å². The molecule has 0 fully saturated rings. The first-order valence-corrected chi connectivity index (χ1v) is 7.18. The number of benzene rings is 2. The first-order chi connectivity index (χ1) is 11.0. The Bertz CT molecular complexity index is 728. The van der Waals surface area contributed by atoms with E-state index < -0.39 is 10.8 Å². The first kappa shape index (κ1) is 16.5. The van der Waals surface area contributed by atoms with E-state index in [1.165, 1.54) is 6.07 Å². The van der Waals surface area contributed by atoms with Gasteiger partial charge in [0, 0.05) is 12.1 Å². The Labute approximate surface area is 134 Å². The van der Waals surface area contributed by atoms with E-state index in [4.69, 9.17) is 4.74 Å². The third-order valence-corrected chi connectivity index (χ3v) is 3.54. The van der Waals surface area contributed by atoms with Gasteiger partial charge in [0.25, 0.3) is 11.6 Å². The van der Waals surface area contributed by atoms with E-state index in [-0.39, 0.29) is 11.3 Å². The third-order valence-electron chi connectivity index (χ3n) is 3.54. The number of methoxy groups -OCH3 is 1. The van der Waals surface area contributed by atoms with E-state index in [1.54, 1.807) is 26.2 Å². The summed E-state index contributed by atoms with van der Waals surface area (Å²) >= 11 is 0. The lowest BCUT2D eigenvalue weighted by Crippen LogP contribution is -2.26. The Morgan fingerprint density at radius 1 is 1.22 bits per heavy atom. The van der Waals surface area contributed by atoms with Gasteiger partial charge in [-0.25, -0.2) is 0 Å². The number of nitro groups is 1.